The molecule has 1 aromatic rings. The predicted molar refractivity (Wildman–Crippen MR) is 71.3 cm³/mol. The highest BCUT2D eigenvalue weighted by Crippen LogP contribution is 2.15. The van der Waals surface area contributed by atoms with Crippen LogP contribution in [0, 0.1) is 10.1 Å². The Kier molecular flexibility index (Phi) is 5.80. The summed E-state index contributed by atoms with van der Waals surface area (Å²) in [4.78, 5) is 31.6. The molecule has 0 fully saturated rings. The van der Waals surface area contributed by atoms with E-state index in [1.807, 2.05) is 0 Å². The van der Waals surface area contributed by atoms with Gasteiger partial charge in [0.1, 0.15) is 0 Å². The zero-order valence-electron chi connectivity index (χ0n) is 9.87. The Labute approximate surface area is 113 Å². The van der Waals surface area contributed by atoms with Crippen molar-refractivity contribution < 1.29 is 19.6 Å². The highest BCUT2D eigenvalue weighted by atomic mass is 32.2. The predicted octanol–water partition coefficient (Wildman–Crippen LogP) is 1.74. The molecule has 19 heavy (non-hydrogen) atoms. The second-order valence-corrected chi connectivity index (χ2v) is 4.65. The topological polar surface area (TPSA) is 110 Å². The fourth-order valence-corrected chi connectivity index (χ4v) is 1.91. The van der Waals surface area contributed by atoms with E-state index < -0.39 is 10.9 Å². The Hall–Kier alpha value is -2.09. The molecule has 0 unspecified atom stereocenters. The van der Waals surface area contributed by atoms with Crippen molar-refractivity contribution in [3.05, 3.63) is 34.4 Å². The van der Waals surface area contributed by atoms with Crippen LogP contribution in [0.1, 0.15) is 6.42 Å². The number of nitro groups is 1. The number of amides is 1. The monoisotopic (exact) mass is 284 g/mol. The smallest absolute Gasteiger partial charge is 0.304 e. The van der Waals surface area contributed by atoms with Crippen LogP contribution >= 0.6 is 11.8 Å². The van der Waals surface area contributed by atoms with Crippen molar-refractivity contribution in [3.63, 3.8) is 0 Å². The van der Waals surface area contributed by atoms with E-state index >= 15 is 0 Å². The maximum Gasteiger partial charge on any atom is 0.304 e. The van der Waals surface area contributed by atoms with Crippen LogP contribution in [-0.4, -0.2) is 33.4 Å². The molecule has 102 valence electrons. The molecule has 0 heterocycles. The van der Waals surface area contributed by atoms with E-state index in [2.05, 4.69) is 5.32 Å². The lowest BCUT2D eigenvalue weighted by Crippen LogP contribution is -2.14. The Balaban J connectivity index is 2.35. The standard InChI is InChI=1S/C11H12N2O5S/c14-10(7-19-6-5-11(15)16)12-8-1-3-9(4-2-8)13(17)18/h1-4H,5-7H2,(H,12,14)(H,15,16). The largest absolute Gasteiger partial charge is 0.481 e. The number of thioether (sulfide) groups is 1. The number of nitrogens with one attached hydrogen (secondary N) is 1. The fourth-order valence-electron chi connectivity index (χ4n) is 1.19. The highest BCUT2D eigenvalue weighted by Gasteiger charge is 2.07. The Bertz CT molecular complexity index is 474. The van der Waals surface area contributed by atoms with Crippen molar-refractivity contribution in [2.75, 3.05) is 16.8 Å². The molecule has 0 saturated carbocycles. The van der Waals surface area contributed by atoms with Gasteiger partial charge in [-0.3, -0.25) is 19.7 Å². The third-order valence-electron chi connectivity index (χ3n) is 2.06. The number of rotatable bonds is 7. The van der Waals surface area contributed by atoms with Gasteiger partial charge < -0.3 is 10.4 Å². The Morgan fingerprint density at radius 1 is 1.32 bits per heavy atom. The summed E-state index contributed by atoms with van der Waals surface area (Å²) < 4.78 is 0. The number of non-ortho nitro benzene ring substituents is 1. The number of hydrogen-bond donors (Lipinski definition) is 2. The van der Waals surface area contributed by atoms with Crippen LogP contribution < -0.4 is 5.32 Å². The molecular weight excluding hydrogens is 272 g/mol. The van der Waals surface area contributed by atoms with Gasteiger partial charge in [-0.25, -0.2) is 0 Å². The van der Waals surface area contributed by atoms with Gasteiger partial charge >= 0.3 is 5.97 Å². The molecule has 2 N–H and O–H groups in total. The summed E-state index contributed by atoms with van der Waals surface area (Å²) in [5.74, 6) is -0.666. The molecule has 0 aliphatic rings. The quantitative estimate of drug-likeness (QED) is 0.448. The zero-order chi connectivity index (χ0) is 14.3. The van der Waals surface area contributed by atoms with Gasteiger partial charge in [-0.1, -0.05) is 0 Å². The maximum absolute atomic E-state index is 11.5. The number of hydrogen-bond acceptors (Lipinski definition) is 5. The van der Waals surface area contributed by atoms with Crippen LogP contribution in [0.3, 0.4) is 0 Å². The summed E-state index contributed by atoms with van der Waals surface area (Å²) in [6.45, 7) is 0. The van der Waals surface area contributed by atoms with Crippen molar-refractivity contribution in [1.29, 1.82) is 0 Å². The highest BCUT2D eigenvalue weighted by molar-refractivity contribution is 7.99. The number of nitrogens with zero attached hydrogens (tertiary/aromatic N) is 1. The summed E-state index contributed by atoms with van der Waals surface area (Å²) in [5.41, 5.74) is 0.420. The van der Waals surface area contributed by atoms with Gasteiger partial charge in [0, 0.05) is 23.6 Å². The second-order valence-electron chi connectivity index (χ2n) is 3.55. The lowest BCUT2D eigenvalue weighted by molar-refractivity contribution is -0.384. The van der Waals surface area contributed by atoms with Gasteiger partial charge in [0.2, 0.25) is 5.91 Å². The molecule has 0 saturated heterocycles. The number of carbonyl (C=O) groups is 2. The van der Waals surface area contributed by atoms with Gasteiger partial charge in [0.15, 0.2) is 0 Å². The lowest BCUT2D eigenvalue weighted by Gasteiger charge is -2.04. The van der Waals surface area contributed by atoms with Crippen molar-refractivity contribution in [2.45, 2.75) is 6.42 Å². The number of carbonyl (C=O) groups excluding carboxylic acids is 1. The average molecular weight is 284 g/mol. The maximum atomic E-state index is 11.5. The lowest BCUT2D eigenvalue weighted by atomic mass is 10.3. The fraction of sp³-hybridized carbons (Fsp3) is 0.273. The Morgan fingerprint density at radius 2 is 1.95 bits per heavy atom. The van der Waals surface area contributed by atoms with Gasteiger partial charge in [0.25, 0.3) is 5.69 Å². The van der Waals surface area contributed by atoms with Crippen LogP contribution in [0.25, 0.3) is 0 Å². The van der Waals surface area contributed by atoms with E-state index in [0.29, 0.717) is 11.4 Å². The molecule has 0 aliphatic carbocycles. The minimum atomic E-state index is -0.900. The first-order chi connectivity index (χ1) is 8.99. The minimum Gasteiger partial charge on any atom is -0.481 e. The van der Waals surface area contributed by atoms with Crippen LogP contribution in [0.5, 0.6) is 0 Å². The first-order valence-corrected chi connectivity index (χ1v) is 6.48. The van der Waals surface area contributed by atoms with E-state index in [-0.39, 0.29) is 23.8 Å². The SMILES string of the molecule is O=C(O)CCSCC(=O)Nc1ccc([N+](=O)[O-])cc1. The third kappa shape index (κ3) is 5.87. The van der Waals surface area contributed by atoms with E-state index in [1.165, 1.54) is 36.0 Å². The third-order valence-corrected chi connectivity index (χ3v) is 3.01. The number of benzene rings is 1. The number of aliphatic carboxylic acids is 1. The van der Waals surface area contributed by atoms with Crippen molar-refractivity contribution in [2.24, 2.45) is 0 Å². The minimum absolute atomic E-state index is 0.00940. The first-order valence-electron chi connectivity index (χ1n) is 5.33. The van der Waals surface area contributed by atoms with Gasteiger partial charge in [-0.15, -0.1) is 0 Å². The Morgan fingerprint density at radius 3 is 2.47 bits per heavy atom. The average Bonchev–Trinajstić information content (AvgIpc) is 2.35. The molecular formula is C11H12N2O5S. The molecule has 1 aromatic carbocycles. The van der Waals surface area contributed by atoms with Crippen LogP contribution in [0.2, 0.25) is 0 Å². The van der Waals surface area contributed by atoms with Crippen molar-refractivity contribution in [3.8, 4) is 0 Å². The molecule has 1 rings (SSSR count). The summed E-state index contributed by atoms with van der Waals surface area (Å²) in [7, 11) is 0. The van der Waals surface area contributed by atoms with Gasteiger partial charge in [0.05, 0.1) is 17.1 Å². The molecule has 0 radical (unpaired) electrons. The number of anilines is 1. The summed E-state index contributed by atoms with van der Waals surface area (Å²) in [6.07, 6.45) is 0.00940. The zero-order valence-corrected chi connectivity index (χ0v) is 10.7. The molecule has 1 amide bonds. The summed E-state index contributed by atoms with van der Waals surface area (Å²) in [5, 5.41) is 21.4. The van der Waals surface area contributed by atoms with E-state index in [4.69, 9.17) is 5.11 Å². The van der Waals surface area contributed by atoms with Crippen LogP contribution in [-0.2, 0) is 9.59 Å². The molecule has 0 bridgehead atoms. The molecule has 0 atom stereocenters. The van der Waals surface area contributed by atoms with Gasteiger partial charge in [-0.05, 0) is 12.1 Å². The first kappa shape index (κ1) is 15.0. The second kappa shape index (κ2) is 7.37. The van der Waals surface area contributed by atoms with Crippen molar-refractivity contribution in [1.82, 2.24) is 0 Å². The molecule has 7 nitrogen and oxygen atoms in total. The number of carboxylic acid groups (broad SMARTS) is 1. The van der Waals surface area contributed by atoms with Crippen molar-refractivity contribution >= 4 is 35.0 Å². The van der Waals surface area contributed by atoms with E-state index in [0.717, 1.165) is 0 Å². The van der Waals surface area contributed by atoms with Gasteiger partial charge in [-0.2, -0.15) is 11.8 Å². The molecule has 0 aliphatic heterocycles. The van der Waals surface area contributed by atoms with E-state index in [9.17, 15) is 19.7 Å². The molecule has 8 heteroatoms. The normalized spacial score (nSPS) is 9.89. The number of carboxylic acids is 1. The van der Waals surface area contributed by atoms with Crippen LogP contribution in [0.4, 0.5) is 11.4 Å². The molecule has 0 aromatic heterocycles. The molecule has 0 spiro atoms. The summed E-state index contributed by atoms with van der Waals surface area (Å²) >= 11 is 1.22. The van der Waals surface area contributed by atoms with Crippen LogP contribution in [0.15, 0.2) is 24.3 Å². The van der Waals surface area contributed by atoms with E-state index in [1.54, 1.807) is 0 Å². The number of nitro benzene ring substituents is 1. The summed E-state index contributed by atoms with van der Waals surface area (Å²) in [6, 6.07) is 5.48.